The third-order valence-electron chi connectivity index (χ3n) is 5.61. The Balaban J connectivity index is 1.36. The topological polar surface area (TPSA) is 45.1 Å². The Kier molecular flexibility index (Phi) is 6.89. The molecule has 1 amide bonds. The normalized spacial score (nSPS) is 18.4. The number of nitrogens with zero attached hydrogens (tertiary/aromatic N) is 3. The van der Waals surface area contributed by atoms with Gasteiger partial charge in [-0.3, -0.25) is 4.79 Å². The molecule has 1 atom stereocenters. The predicted octanol–water partition coefficient (Wildman–Crippen LogP) is 5.21. The Morgan fingerprint density at radius 1 is 1.16 bits per heavy atom. The number of carbonyl (C=O) groups is 1. The van der Waals surface area contributed by atoms with Gasteiger partial charge in [-0.15, -0.1) is 0 Å². The highest BCUT2D eigenvalue weighted by molar-refractivity contribution is 9.12. The molecule has 0 bridgehead atoms. The number of carbonyl (C=O) groups excluding carboxylic acids is 1. The summed E-state index contributed by atoms with van der Waals surface area (Å²) in [6, 6.07) is 11.1. The number of ether oxygens (including phenoxy) is 1. The number of benzene rings is 2. The maximum atomic E-state index is 13.8. The highest BCUT2D eigenvalue weighted by atomic mass is 79.9. The first-order valence-electron chi connectivity index (χ1n) is 10.6. The number of hydrogen-bond donors (Lipinski definition) is 0. The highest BCUT2D eigenvalue weighted by Gasteiger charge is 2.22. The van der Waals surface area contributed by atoms with Crippen molar-refractivity contribution in [3.8, 4) is 0 Å². The molecule has 168 valence electrons. The number of amides is 1. The third-order valence-corrected chi connectivity index (χ3v) is 6.15. The van der Waals surface area contributed by atoms with Crippen molar-refractivity contribution in [1.29, 1.82) is 0 Å². The second-order valence-corrected chi connectivity index (χ2v) is 8.79. The van der Waals surface area contributed by atoms with Crippen molar-refractivity contribution >= 4 is 27.7 Å². The summed E-state index contributed by atoms with van der Waals surface area (Å²) in [4.78, 5) is 21.0. The minimum absolute atomic E-state index is 0.0485. The Morgan fingerprint density at radius 3 is 2.56 bits per heavy atom. The lowest BCUT2D eigenvalue weighted by Crippen LogP contribution is -2.32. The molecule has 32 heavy (non-hydrogen) atoms. The summed E-state index contributed by atoms with van der Waals surface area (Å²) in [6.07, 6.45) is 3.83. The number of hydrogen-bond acceptors (Lipinski definition) is 4. The van der Waals surface area contributed by atoms with E-state index in [1.54, 1.807) is 0 Å². The van der Waals surface area contributed by atoms with Crippen LogP contribution in [-0.2, 0) is 17.9 Å². The van der Waals surface area contributed by atoms with Crippen LogP contribution in [0.25, 0.3) is 0 Å². The maximum Gasteiger partial charge on any atom is 0.253 e. The molecule has 1 fully saturated rings. The van der Waals surface area contributed by atoms with Gasteiger partial charge >= 0.3 is 0 Å². The van der Waals surface area contributed by atoms with Gasteiger partial charge in [0.05, 0.1) is 4.48 Å². The maximum absolute atomic E-state index is 13.8. The summed E-state index contributed by atoms with van der Waals surface area (Å²) in [7, 11) is 0. The van der Waals surface area contributed by atoms with Crippen LogP contribution in [0.1, 0.15) is 41.3 Å². The van der Waals surface area contributed by atoms with E-state index in [4.69, 9.17) is 4.74 Å². The van der Waals surface area contributed by atoms with E-state index >= 15 is 0 Å². The molecule has 4 rings (SSSR count). The summed E-state index contributed by atoms with van der Waals surface area (Å²) in [6.45, 7) is 4.16. The number of likely N-dealkylation sites (tertiary alicyclic amines) is 1. The number of rotatable bonds is 5. The minimum Gasteiger partial charge on any atom is -0.472 e. The Morgan fingerprint density at radius 2 is 1.88 bits per heavy atom. The molecule has 8 heteroatoms. The van der Waals surface area contributed by atoms with Gasteiger partial charge in [0.2, 0.25) is 5.90 Å². The molecule has 2 aliphatic heterocycles. The standard InChI is InChI=1S/C24H24BrF2N3O2/c1-16-28-23(32-15-19-8-9-20(26)12-22(19)27)21(25)14-30(16)13-17-4-6-18(7-5-17)24(31)29-10-2-3-11-29/h4-9,12,14,16H,2-3,10-11,13,15H2,1H3. The minimum atomic E-state index is -0.650. The molecule has 2 aromatic carbocycles. The van der Waals surface area contributed by atoms with Gasteiger partial charge in [-0.05, 0) is 65.5 Å². The average Bonchev–Trinajstić information content (AvgIpc) is 3.31. The molecule has 0 N–H and O–H groups in total. The lowest BCUT2D eigenvalue weighted by molar-refractivity contribution is 0.0793. The van der Waals surface area contributed by atoms with Gasteiger partial charge in [0.25, 0.3) is 5.91 Å². The molecule has 1 saturated heterocycles. The van der Waals surface area contributed by atoms with E-state index in [1.807, 2.05) is 47.2 Å². The highest BCUT2D eigenvalue weighted by Crippen LogP contribution is 2.23. The monoisotopic (exact) mass is 503 g/mol. The van der Waals surface area contributed by atoms with Crippen molar-refractivity contribution in [2.45, 2.75) is 39.1 Å². The Hall–Kier alpha value is -2.74. The molecule has 0 radical (unpaired) electrons. The van der Waals surface area contributed by atoms with Crippen molar-refractivity contribution in [2.75, 3.05) is 13.1 Å². The Bertz CT molecular complexity index is 1050. The van der Waals surface area contributed by atoms with Crippen molar-refractivity contribution < 1.29 is 18.3 Å². The summed E-state index contributed by atoms with van der Waals surface area (Å²) >= 11 is 3.47. The van der Waals surface area contributed by atoms with E-state index in [0.717, 1.165) is 37.6 Å². The van der Waals surface area contributed by atoms with E-state index in [9.17, 15) is 13.6 Å². The molecular formula is C24H24BrF2N3O2. The molecular weight excluding hydrogens is 480 g/mol. The first-order valence-corrected chi connectivity index (χ1v) is 11.4. The lowest BCUT2D eigenvalue weighted by Gasteiger charge is -2.30. The van der Waals surface area contributed by atoms with E-state index in [0.29, 0.717) is 22.5 Å². The van der Waals surface area contributed by atoms with E-state index in [-0.39, 0.29) is 24.2 Å². The van der Waals surface area contributed by atoms with Crippen LogP contribution in [0.3, 0.4) is 0 Å². The zero-order chi connectivity index (χ0) is 22.7. The third kappa shape index (κ3) is 5.18. The van der Waals surface area contributed by atoms with Crippen LogP contribution < -0.4 is 0 Å². The van der Waals surface area contributed by atoms with Gasteiger partial charge in [0, 0.05) is 43.0 Å². The van der Waals surface area contributed by atoms with Crippen LogP contribution in [0.5, 0.6) is 0 Å². The van der Waals surface area contributed by atoms with Crippen LogP contribution in [0.2, 0.25) is 0 Å². The second kappa shape index (κ2) is 9.81. The fourth-order valence-electron chi connectivity index (χ4n) is 3.75. The van der Waals surface area contributed by atoms with Gasteiger partial charge < -0.3 is 14.5 Å². The molecule has 0 spiro atoms. The van der Waals surface area contributed by atoms with Crippen LogP contribution >= 0.6 is 15.9 Å². The van der Waals surface area contributed by atoms with Gasteiger partial charge in [-0.1, -0.05) is 12.1 Å². The van der Waals surface area contributed by atoms with Crippen LogP contribution in [0, 0.1) is 11.6 Å². The SMILES string of the molecule is CC1N=C(OCc2ccc(F)cc2F)C(Br)=CN1Cc1ccc(C(=O)N2CCCC2)cc1. The zero-order valence-corrected chi connectivity index (χ0v) is 19.3. The molecule has 2 heterocycles. The van der Waals surface area contributed by atoms with E-state index in [2.05, 4.69) is 20.9 Å². The largest absolute Gasteiger partial charge is 0.472 e. The summed E-state index contributed by atoms with van der Waals surface area (Å²) < 4.78 is 33.2. The molecule has 0 aromatic heterocycles. The average molecular weight is 504 g/mol. The Labute approximate surface area is 194 Å². The summed E-state index contributed by atoms with van der Waals surface area (Å²) in [5.74, 6) is -0.820. The van der Waals surface area contributed by atoms with Gasteiger partial charge in [-0.25, -0.2) is 13.8 Å². The van der Waals surface area contributed by atoms with E-state index in [1.165, 1.54) is 12.1 Å². The number of aliphatic imine (C=N–C) groups is 1. The molecule has 2 aliphatic rings. The molecule has 5 nitrogen and oxygen atoms in total. The van der Waals surface area contributed by atoms with Crippen LogP contribution in [0.4, 0.5) is 8.78 Å². The molecule has 0 saturated carbocycles. The van der Waals surface area contributed by atoms with Crippen molar-refractivity contribution in [3.63, 3.8) is 0 Å². The predicted molar refractivity (Wildman–Crippen MR) is 122 cm³/mol. The van der Waals surface area contributed by atoms with Crippen LogP contribution in [0.15, 0.2) is 58.1 Å². The van der Waals surface area contributed by atoms with Gasteiger partial charge in [0.15, 0.2) is 0 Å². The van der Waals surface area contributed by atoms with Gasteiger partial charge in [-0.2, -0.15) is 0 Å². The van der Waals surface area contributed by atoms with Gasteiger partial charge in [0.1, 0.15) is 24.4 Å². The second-order valence-electron chi connectivity index (χ2n) is 7.94. The van der Waals surface area contributed by atoms with Crippen molar-refractivity contribution in [3.05, 3.63) is 81.5 Å². The molecule has 1 unspecified atom stereocenters. The number of halogens is 3. The summed E-state index contributed by atoms with van der Waals surface area (Å²) in [5, 5.41) is 0. The smallest absolute Gasteiger partial charge is 0.253 e. The first kappa shape index (κ1) is 22.5. The van der Waals surface area contributed by atoms with Crippen molar-refractivity contribution in [1.82, 2.24) is 9.80 Å². The zero-order valence-electron chi connectivity index (χ0n) is 17.7. The molecule has 2 aromatic rings. The van der Waals surface area contributed by atoms with Crippen LogP contribution in [-0.4, -0.2) is 40.9 Å². The quantitative estimate of drug-likeness (QED) is 0.562. The fraction of sp³-hybridized carbons (Fsp3) is 0.333. The summed E-state index contributed by atoms with van der Waals surface area (Å²) in [5.41, 5.74) is 2.02. The van der Waals surface area contributed by atoms with E-state index < -0.39 is 11.6 Å². The molecule has 0 aliphatic carbocycles. The first-order chi connectivity index (χ1) is 15.4. The fourth-order valence-corrected chi connectivity index (χ4v) is 4.23. The van der Waals surface area contributed by atoms with Crippen molar-refractivity contribution in [2.24, 2.45) is 4.99 Å². The lowest BCUT2D eigenvalue weighted by atomic mass is 10.1.